The van der Waals surface area contributed by atoms with Crippen molar-refractivity contribution >= 4 is 39.1 Å². The highest BCUT2D eigenvalue weighted by molar-refractivity contribution is 9.10. The van der Waals surface area contributed by atoms with Gasteiger partial charge in [0.05, 0.1) is 35.6 Å². The van der Waals surface area contributed by atoms with E-state index in [1.807, 2.05) is 55.5 Å². The van der Waals surface area contributed by atoms with Crippen LogP contribution in [0.25, 0.3) is 0 Å². The van der Waals surface area contributed by atoms with E-state index in [4.69, 9.17) is 14.3 Å². The molecule has 0 saturated carbocycles. The van der Waals surface area contributed by atoms with Gasteiger partial charge in [-0.1, -0.05) is 24.3 Å². The van der Waals surface area contributed by atoms with Crippen LogP contribution in [0.4, 0.5) is 11.4 Å². The van der Waals surface area contributed by atoms with Crippen LogP contribution in [0.15, 0.2) is 77.3 Å². The second-order valence-corrected chi connectivity index (χ2v) is 8.85. The molecule has 174 valence electrons. The standard InChI is InChI=1S/C26H23BrN2O5/c1-3-33-19-12-10-17(11-13-19)28-25(30)22-23(16-9-14-21(32-2)20(27)15-16)29(34-24(22)26(28)31)18-7-5-4-6-8-18/h4-15,22-24H,3H2,1-2H3/t22-,23+,24-/m1/s1. The van der Waals surface area contributed by atoms with Crippen molar-refractivity contribution in [3.63, 3.8) is 0 Å². The van der Waals surface area contributed by atoms with E-state index in [2.05, 4.69) is 15.9 Å². The van der Waals surface area contributed by atoms with Gasteiger partial charge in [0.2, 0.25) is 5.91 Å². The molecule has 0 aromatic heterocycles. The van der Waals surface area contributed by atoms with Gasteiger partial charge in [-0.2, -0.15) is 0 Å². The minimum atomic E-state index is -0.926. The molecule has 3 aromatic carbocycles. The normalized spacial score (nSPS) is 21.7. The Morgan fingerprint density at radius 2 is 1.68 bits per heavy atom. The number of benzene rings is 3. The Hall–Kier alpha value is -3.36. The topological polar surface area (TPSA) is 68.3 Å². The maximum absolute atomic E-state index is 13.7. The number of para-hydroxylation sites is 1. The molecule has 7 nitrogen and oxygen atoms in total. The summed E-state index contributed by atoms with van der Waals surface area (Å²) in [5, 5.41) is 1.68. The summed E-state index contributed by atoms with van der Waals surface area (Å²) in [5.41, 5.74) is 2.10. The molecular weight excluding hydrogens is 500 g/mol. The third-order valence-electron chi connectivity index (χ3n) is 6.05. The summed E-state index contributed by atoms with van der Waals surface area (Å²) < 4.78 is 11.6. The number of carbonyl (C=O) groups is 2. The van der Waals surface area contributed by atoms with Gasteiger partial charge in [0.1, 0.15) is 17.4 Å². The lowest BCUT2D eigenvalue weighted by molar-refractivity contribution is -0.126. The average Bonchev–Trinajstić information content (AvgIpc) is 3.36. The molecule has 0 aliphatic carbocycles. The van der Waals surface area contributed by atoms with Gasteiger partial charge < -0.3 is 9.47 Å². The fourth-order valence-electron chi connectivity index (χ4n) is 4.53. The SMILES string of the molecule is CCOc1ccc(N2C(=O)[C@H]3[C@@H](ON(c4ccccc4)[C@H]3c3ccc(OC)c(Br)c3)C2=O)cc1. The fourth-order valence-corrected chi connectivity index (χ4v) is 5.09. The van der Waals surface area contributed by atoms with Crippen molar-refractivity contribution in [3.8, 4) is 11.5 Å². The molecule has 2 saturated heterocycles. The van der Waals surface area contributed by atoms with E-state index in [1.54, 1.807) is 36.4 Å². The van der Waals surface area contributed by atoms with E-state index < -0.39 is 18.1 Å². The third kappa shape index (κ3) is 3.73. The third-order valence-corrected chi connectivity index (χ3v) is 6.67. The van der Waals surface area contributed by atoms with E-state index in [0.29, 0.717) is 23.8 Å². The Morgan fingerprint density at radius 3 is 2.32 bits per heavy atom. The molecule has 0 unspecified atom stereocenters. The number of hydrogen-bond acceptors (Lipinski definition) is 6. The number of anilines is 2. The van der Waals surface area contributed by atoms with Crippen molar-refractivity contribution in [1.82, 2.24) is 0 Å². The van der Waals surface area contributed by atoms with Crippen molar-refractivity contribution < 1.29 is 23.9 Å². The first-order valence-corrected chi connectivity index (χ1v) is 11.8. The van der Waals surface area contributed by atoms with Crippen molar-refractivity contribution in [2.24, 2.45) is 5.92 Å². The smallest absolute Gasteiger partial charge is 0.266 e. The number of carbonyl (C=O) groups excluding carboxylic acids is 2. The minimum absolute atomic E-state index is 0.297. The van der Waals surface area contributed by atoms with Gasteiger partial charge in [0.15, 0.2) is 6.10 Å². The van der Waals surface area contributed by atoms with Crippen molar-refractivity contribution in [2.45, 2.75) is 19.1 Å². The summed E-state index contributed by atoms with van der Waals surface area (Å²) in [6, 6.07) is 21.6. The van der Waals surface area contributed by atoms with Gasteiger partial charge >= 0.3 is 0 Å². The first kappa shape index (κ1) is 22.4. The molecule has 8 heteroatoms. The van der Waals surface area contributed by atoms with Gasteiger partial charge in [0.25, 0.3) is 5.91 Å². The van der Waals surface area contributed by atoms with Crippen LogP contribution in [0.1, 0.15) is 18.5 Å². The largest absolute Gasteiger partial charge is 0.496 e. The quantitative estimate of drug-likeness (QED) is 0.428. The monoisotopic (exact) mass is 522 g/mol. The van der Waals surface area contributed by atoms with E-state index in [-0.39, 0.29) is 11.8 Å². The Bertz CT molecular complexity index is 1220. The van der Waals surface area contributed by atoms with Gasteiger partial charge in [-0.25, -0.2) is 9.96 Å². The number of amides is 2. The summed E-state index contributed by atoms with van der Waals surface area (Å²) in [6.07, 6.45) is -0.926. The predicted molar refractivity (Wildman–Crippen MR) is 131 cm³/mol. The Balaban J connectivity index is 1.54. The molecule has 3 aromatic rings. The maximum atomic E-state index is 13.7. The molecule has 2 aliphatic rings. The molecule has 2 aliphatic heterocycles. The van der Waals surface area contributed by atoms with E-state index in [1.165, 1.54) is 4.90 Å². The number of hydrogen-bond donors (Lipinski definition) is 0. The molecule has 0 spiro atoms. The van der Waals surface area contributed by atoms with Crippen LogP contribution < -0.4 is 19.4 Å². The lowest BCUT2D eigenvalue weighted by Crippen LogP contribution is -2.37. The van der Waals surface area contributed by atoms with E-state index >= 15 is 0 Å². The Labute approximate surface area is 205 Å². The number of rotatable bonds is 6. The minimum Gasteiger partial charge on any atom is -0.496 e. The molecule has 3 atom stereocenters. The molecule has 0 radical (unpaired) electrons. The molecule has 0 N–H and O–H groups in total. The van der Waals surface area contributed by atoms with Gasteiger partial charge in [-0.3, -0.25) is 14.4 Å². The zero-order valence-electron chi connectivity index (χ0n) is 18.7. The number of nitrogens with zero attached hydrogens (tertiary/aromatic N) is 2. The molecule has 0 bridgehead atoms. The number of halogens is 1. The van der Waals surface area contributed by atoms with Gasteiger partial charge in [-0.05, 0) is 76.9 Å². The zero-order valence-corrected chi connectivity index (χ0v) is 20.3. The lowest BCUT2D eigenvalue weighted by Gasteiger charge is -2.29. The van der Waals surface area contributed by atoms with Gasteiger partial charge in [0, 0.05) is 0 Å². The van der Waals surface area contributed by atoms with E-state index in [0.717, 1.165) is 15.7 Å². The summed E-state index contributed by atoms with van der Waals surface area (Å²) in [5.74, 6) is -0.0300. The molecule has 34 heavy (non-hydrogen) atoms. The second kappa shape index (κ2) is 9.12. The summed E-state index contributed by atoms with van der Waals surface area (Å²) >= 11 is 3.54. The molecular formula is C26H23BrN2O5. The Morgan fingerprint density at radius 1 is 0.941 bits per heavy atom. The molecule has 2 amide bonds. The first-order chi connectivity index (χ1) is 16.5. The molecule has 2 fully saturated rings. The summed E-state index contributed by atoms with van der Waals surface area (Å²) in [7, 11) is 1.60. The number of imide groups is 1. The number of hydroxylamine groups is 1. The van der Waals surface area contributed by atoms with Crippen LogP contribution in [0.3, 0.4) is 0 Å². The van der Waals surface area contributed by atoms with Crippen molar-refractivity contribution in [3.05, 3.63) is 82.8 Å². The van der Waals surface area contributed by atoms with Gasteiger partial charge in [-0.15, -0.1) is 0 Å². The summed E-state index contributed by atoms with van der Waals surface area (Å²) in [6.45, 7) is 2.43. The van der Waals surface area contributed by atoms with Crippen LogP contribution >= 0.6 is 15.9 Å². The summed E-state index contributed by atoms with van der Waals surface area (Å²) in [4.78, 5) is 34.5. The van der Waals surface area contributed by atoms with Crippen LogP contribution in [0, 0.1) is 5.92 Å². The van der Waals surface area contributed by atoms with Crippen LogP contribution in [0.2, 0.25) is 0 Å². The van der Waals surface area contributed by atoms with Crippen LogP contribution in [0.5, 0.6) is 11.5 Å². The van der Waals surface area contributed by atoms with Crippen molar-refractivity contribution in [2.75, 3.05) is 23.7 Å². The molecule has 2 heterocycles. The Kier molecular flexibility index (Phi) is 6.02. The highest BCUT2D eigenvalue weighted by Crippen LogP contribution is 2.48. The highest BCUT2D eigenvalue weighted by Gasteiger charge is 2.60. The number of fused-ring (bicyclic) bond motifs is 1. The number of methoxy groups -OCH3 is 1. The predicted octanol–water partition coefficient (Wildman–Crippen LogP) is 4.91. The van der Waals surface area contributed by atoms with Crippen LogP contribution in [-0.2, 0) is 14.4 Å². The van der Waals surface area contributed by atoms with Crippen molar-refractivity contribution in [1.29, 1.82) is 0 Å². The first-order valence-electron chi connectivity index (χ1n) is 11.0. The average molecular weight is 523 g/mol. The zero-order chi connectivity index (χ0) is 23.8. The highest BCUT2D eigenvalue weighted by atomic mass is 79.9. The second-order valence-electron chi connectivity index (χ2n) is 7.99. The van der Waals surface area contributed by atoms with E-state index in [9.17, 15) is 9.59 Å². The maximum Gasteiger partial charge on any atom is 0.266 e. The lowest BCUT2D eigenvalue weighted by atomic mass is 9.90. The van der Waals surface area contributed by atoms with Crippen LogP contribution in [-0.4, -0.2) is 31.6 Å². The number of ether oxygens (including phenoxy) is 2. The molecule has 5 rings (SSSR count). The fraction of sp³-hybridized carbons (Fsp3) is 0.231.